The average Bonchev–Trinajstić information content (AvgIpc) is 3.50. The fourth-order valence-electron chi connectivity index (χ4n) is 5.19. The Hall–Kier alpha value is -3.31. The molecular formula is C27H34N6O4S. The third-order valence-corrected chi connectivity index (χ3v) is 8.42. The van der Waals surface area contributed by atoms with Crippen molar-refractivity contribution in [3.05, 3.63) is 51.0 Å². The molecule has 3 N–H and O–H groups in total. The van der Waals surface area contributed by atoms with Gasteiger partial charge in [0.2, 0.25) is 5.91 Å². The van der Waals surface area contributed by atoms with E-state index in [1.54, 1.807) is 11.9 Å². The number of rotatable bonds is 8. The highest BCUT2D eigenvalue weighted by Gasteiger charge is 2.41. The van der Waals surface area contributed by atoms with Gasteiger partial charge in [-0.1, -0.05) is 24.3 Å². The van der Waals surface area contributed by atoms with Crippen molar-refractivity contribution < 1.29 is 19.2 Å². The number of fused-ring (bicyclic) bond motifs is 2. The van der Waals surface area contributed by atoms with Crippen molar-refractivity contribution >= 4 is 35.0 Å². The van der Waals surface area contributed by atoms with Crippen LogP contribution in [0.2, 0.25) is 0 Å². The zero-order valence-electron chi connectivity index (χ0n) is 22.0. The molecule has 0 bridgehead atoms. The molecule has 4 amide bonds. The zero-order valence-corrected chi connectivity index (χ0v) is 22.8. The molecule has 202 valence electrons. The summed E-state index contributed by atoms with van der Waals surface area (Å²) in [5.74, 6) is -1.31. The number of hydrogen-bond acceptors (Lipinski definition) is 7. The van der Waals surface area contributed by atoms with Crippen LogP contribution in [0.4, 0.5) is 0 Å². The zero-order chi connectivity index (χ0) is 27.0. The number of aryl methyl sites for hydroxylation is 1. The molecule has 1 aromatic carbocycles. The summed E-state index contributed by atoms with van der Waals surface area (Å²) in [6, 6.07) is 6.97. The van der Waals surface area contributed by atoms with Crippen molar-refractivity contribution in [1.82, 2.24) is 31.0 Å². The van der Waals surface area contributed by atoms with Crippen molar-refractivity contribution in [2.75, 3.05) is 19.6 Å². The molecule has 1 aliphatic carbocycles. The number of nitrogens with one attached hydrogen (secondary N) is 3. The first kappa shape index (κ1) is 26.3. The van der Waals surface area contributed by atoms with Gasteiger partial charge in [-0.15, -0.1) is 11.3 Å². The van der Waals surface area contributed by atoms with E-state index in [-0.39, 0.29) is 47.1 Å². The first-order chi connectivity index (χ1) is 18.2. The third-order valence-electron chi connectivity index (χ3n) is 7.26. The molecule has 1 saturated heterocycles. The fraction of sp³-hybridized carbons (Fsp3) is 0.519. The van der Waals surface area contributed by atoms with Crippen LogP contribution in [0.25, 0.3) is 0 Å². The van der Waals surface area contributed by atoms with E-state index in [1.807, 2.05) is 38.1 Å². The standard InChI is InChI=1S/C27H34N6O4S/c1-15(2)29-25(36)26-30-16(3)22(38-26)24(35)28-13-20(17-9-10-17)23(34)31-21-19-8-5-4-7-18(19)14-32-11-6-12-33(32)27(21)37/h4-5,7-8,15,17,20-21H,6,9-14H2,1-3H3,(H,28,35)(H,29,36)(H,31,34)/t20-,21-/m0/s1. The Bertz CT molecular complexity index is 1260. The minimum Gasteiger partial charge on any atom is -0.350 e. The smallest absolute Gasteiger partial charge is 0.280 e. The molecule has 11 heteroatoms. The van der Waals surface area contributed by atoms with Crippen LogP contribution >= 0.6 is 11.3 Å². The topological polar surface area (TPSA) is 124 Å². The normalized spacial score (nSPS) is 19.9. The van der Waals surface area contributed by atoms with Crippen LogP contribution in [0, 0.1) is 18.8 Å². The number of benzene rings is 1. The lowest BCUT2D eigenvalue weighted by atomic mass is 9.97. The largest absolute Gasteiger partial charge is 0.350 e. The second-order valence-corrected chi connectivity index (χ2v) is 11.6. The third kappa shape index (κ3) is 5.44. The van der Waals surface area contributed by atoms with E-state index in [9.17, 15) is 19.2 Å². The van der Waals surface area contributed by atoms with Crippen LogP contribution in [-0.2, 0) is 16.1 Å². The predicted molar refractivity (Wildman–Crippen MR) is 142 cm³/mol. The summed E-state index contributed by atoms with van der Waals surface area (Å²) >= 11 is 1.04. The number of carbonyl (C=O) groups excluding carboxylic acids is 4. The Morgan fingerprint density at radius 3 is 2.63 bits per heavy atom. The number of amides is 4. The molecule has 5 rings (SSSR count). The first-order valence-electron chi connectivity index (χ1n) is 13.2. The van der Waals surface area contributed by atoms with Gasteiger partial charge in [-0.2, -0.15) is 0 Å². The minimum absolute atomic E-state index is 0.0392. The van der Waals surface area contributed by atoms with Crippen LogP contribution in [0.5, 0.6) is 0 Å². The molecule has 0 spiro atoms. The Morgan fingerprint density at radius 1 is 1.13 bits per heavy atom. The van der Waals surface area contributed by atoms with E-state index in [0.29, 0.717) is 23.7 Å². The summed E-state index contributed by atoms with van der Waals surface area (Å²) in [6.07, 6.45) is 2.72. The van der Waals surface area contributed by atoms with Crippen molar-refractivity contribution in [3.8, 4) is 0 Å². The van der Waals surface area contributed by atoms with Crippen LogP contribution in [0.15, 0.2) is 24.3 Å². The van der Waals surface area contributed by atoms with Gasteiger partial charge in [0.05, 0.1) is 11.6 Å². The van der Waals surface area contributed by atoms with Gasteiger partial charge in [0.25, 0.3) is 17.7 Å². The molecule has 2 aliphatic heterocycles. The maximum atomic E-state index is 13.6. The van der Waals surface area contributed by atoms with Crippen molar-refractivity contribution in [2.45, 2.75) is 58.7 Å². The summed E-state index contributed by atoms with van der Waals surface area (Å²) in [6.45, 7) is 7.66. The van der Waals surface area contributed by atoms with Gasteiger partial charge >= 0.3 is 0 Å². The predicted octanol–water partition coefficient (Wildman–Crippen LogP) is 2.17. The lowest BCUT2D eigenvalue weighted by Crippen LogP contribution is -2.48. The van der Waals surface area contributed by atoms with Gasteiger partial charge in [0.1, 0.15) is 10.9 Å². The number of aromatic nitrogens is 1. The molecule has 1 aromatic heterocycles. The first-order valence-corrected chi connectivity index (χ1v) is 14.1. The number of nitrogens with zero attached hydrogens (tertiary/aromatic N) is 3. The monoisotopic (exact) mass is 538 g/mol. The molecule has 3 aliphatic rings. The maximum absolute atomic E-state index is 13.6. The number of thiazole rings is 1. The summed E-state index contributed by atoms with van der Waals surface area (Å²) in [5, 5.41) is 12.8. The molecule has 38 heavy (non-hydrogen) atoms. The fourth-order valence-corrected chi connectivity index (χ4v) is 6.08. The van der Waals surface area contributed by atoms with Crippen LogP contribution in [-0.4, -0.2) is 64.3 Å². The van der Waals surface area contributed by atoms with E-state index >= 15 is 0 Å². The van der Waals surface area contributed by atoms with Crippen LogP contribution in [0.3, 0.4) is 0 Å². The number of hydrazine groups is 1. The average molecular weight is 539 g/mol. The van der Waals surface area contributed by atoms with Crippen LogP contribution < -0.4 is 16.0 Å². The molecule has 2 fully saturated rings. The second-order valence-electron chi connectivity index (χ2n) is 10.6. The molecule has 0 unspecified atom stereocenters. The summed E-state index contributed by atoms with van der Waals surface area (Å²) in [4.78, 5) is 57.0. The van der Waals surface area contributed by atoms with E-state index in [4.69, 9.17) is 0 Å². The summed E-state index contributed by atoms with van der Waals surface area (Å²) in [7, 11) is 0. The number of carbonyl (C=O) groups is 4. The van der Waals surface area contributed by atoms with Crippen molar-refractivity contribution in [1.29, 1.82) is 0 Å². The Balaban J connectivity index is 1.28. The van der Waals surface area contributed by atoms with E-state index in [0.717, 1.165) is 48.3 Å². The molecule has 10 nitrogen and oxygen atoms in total. The summed E-state index contributed by atoms with van der Waals surface area (Å²) < 4.78 is 0. The lowest BCUT2D eigenvalue weighted by Gasteiger charge is -2.28. The summed E-state index contributed by atoms with van der Waals surface area (Å²) in [5.41, 5.74) is 2.33. The quantitative estimate of drug-likeness (QED) is 0.473. The Labute approximate surface area is 226 Å². The molecule has 1 saturated carbocycles. The molecule has 0 radical (unpaired) electrons. The molecule has 2 aromatic rings. The molecule has 2 atom stereocenters. The van der Waals surface area contributed by atoms with Gasteiger partial charge in [-0.25, -0.2) is 9.99 Å². The Kier molecular flexibility index (Phi) is 7.49. The van der Waals surface area contributed by atoms with Crippen molar-refractivity contribution in [2.24, 2.45) is 11.8 Å². The highest BCUT2D eigenvalue weighted by molar-refractivity contribution is 7.15. The molecular weight excluding hydrogens is 504 g/mol. The maximum Gasteiger partial charge on any atom is 0.280 e. The van der Waals surface area contributed by atoms with Gasteiger partial charge in [-0.05, 0) is 57.1 Å². The Morgan fingerprint density at radius 2 is 1.89 bits per heavy atom. The van der Waals surface area contributed by atoms with Gasteiger partial charge in [-0.3, -0.25) is 24.2 Å². The highest BCUT2D eigenvalue weighted by Crippen LogP contribution is 2.38. The van der Waals surface area contributed by atoms with Gasteiger partial charge < -0.3 is 16.0 Å². The van der Waals surface area contributed by atoms with Gasteiger partial charge in [0.15, 0.2) is 5.01 Å². The van der Waals surface area contributed by atoms with E-state index in [2.05, 4.69) is 25.9 Å². The van der Waals surface area contributed by atoms with Crippen LogP contribution in [0.1, 0.15) is 75.4 Å². The van der Waals surface area contributed by atoms with E-state index in [1.165, 1.54) is 0 Å². The van der Waals surface area contributed by atoms with Crippen molar-refractivity contribution in [3.63, 3.8) is 0 Å². The highest BCUT2D eigenvalue weighted by atomic mass is 32.1. The second kappa shape index (κ2) is 10.8. The molecule has 3 heterocycles. The lowest BCUT2D eigenvalue weighted by molar-refractivity contribution is -0.148. The minimum atomic E-state index is -0.760. The number of hydrogen-bond donors (Lipinski definition) is 3. The van der Waals surface area contributed by atoms with E-state index < -0.39 is 12.0 Å². The van der Waals surface area contributed by atoms with Gasteiger partial charge in [0, 0.05) is 32.2 Å². The SMILES string of the molecule is Cc1nc(C(=O)NC(C)C)sc1C(=O)NC[C@H](C(=O)N[C@@H]1C(=O)N2CCCN2Cc2ccccc21)C1CC1.